The van der Waals surface area contributed by atoms with Crippen LogP contribution in [-0.2, 0) is 9.59 Å². The van der Waals surface area contributed by atoms with E-state index in [2.05, 4.69) is 15.5 Å². The molecule has 37 heavy (non-hydrogen) atoms. The van der Waals surface area contributed by atoms with Gasteiger partial charge in [0.25, 0.3) is 5.91 Å². The molecule has 0 saturated carbocycles. The van der Waals surface area contributed by atoms with E-state index in [-0.39, 0.29) is 30.3 Å². The van der Waals surface area contributed by atoms with Crippen LogP contribution in [0, 0.1) is 0 Å². The number of hydrogen-bond donors (Lipinski definition) is 2. The number of piperazine rings is 1. The molecular formula is C28H32ClN5O3. The summed E-state index contributed by atoms with van der Waals surface area (Å²) in [6.07, 6.45) is 4.01. The fourth-order valence-corrected chi connectivity index (χ4v) is 6.44. The molecule has 2 atom stereocenters. The van der Waals surface area contributed by atoms with E-state index < -0.39 is 6.04 Å². The SMILES string of the molecule is O=C1Nc2ccc(-c3ccc(Cl)cc3)cc2C(=O)N2CCN(C(=O)C3CCCN3C3CCNCC3)CC12. The summed E-state index contributed by atoms with van der Waals surface area (Å²) in [5.41, 5.74) is 2.80. The fourth-order valence-electron chi connectivity index (χ4n) is 6.31. The number of carbonyl (C=O) groups excluding carboxylic acids is 3. The van der Waals surface area contributed by atoms with Gasteiger partial charge in [-0.25, -0.2) is 0 Å². The van der Waals surface area contributed by atoms with Gasteiger partial charge in [0.05, 0.1) is 23.8 Å². The highest BCUT2D eigenvalue weighted by atomic mass is 35.5. The van der Waals surface area contributed by atoms with Crippen LogP contribution in [0.25, 0.3) is 11.1 Å². The highest BCUT2D eigenvalue weighted by Crippen LogP contribution is 2.32. The average molecular weight is 522 g/mol. The maximum atomic E-state index is 13.7. The summed E-state index contributed by atoms with van der Waals surface area (Å²) in [7, 11) is 0. The number of amides is 3. The molecule has 2 aromatic carbocycles. The molecule has 9 heteroatoms. The Hall–Kier alpha value is -2.94. The molecule has 0 spiro atoms. The molecular weight excluding hydrogens is 490 g/mol. The third-order valence-electron chi connectivity index (χ3n) is 8.30. The van der Waals surface area contributed by atoms with Crippen LogP contribution in [0.15, 0.2) is 42.5 Å². The first-order valence-electron chi connectivity index (χ1n) is 13.3. The second kappa shape index (κ2) is 10.1. The summed E-state index contributed by atoms with van der Waals surface area (Å²) in [6.45, 7) is 3.95. The van der Waals surface area contributed by atoms with E-state index >= 15 is 0 Å². The normalized spacial score (nSPS) is 24.9. The molecule has 0 bridgehead atoms. The molecule has 3 saturated heterocycles. The van der Waals surface area contributed by atoms with Crippen LogP contribution in [0.1, 0.15) is 36.0 Å². The molecule has 2 unspecified atom stereocenters. The van der Waals surface area contributed by atoms with Gasteiger partial charge >= 0.3 is 0 Å². The van der Waals surface area contributed by atoms with Crippen molar-refractivity contribution in [1.29, 1.82) is 0 Å². The largest absolute Gasteiger partial charge is 0.337 e. The summed E-state index contributed by atoms with van der Waals surface area (Å²) in [4.78, 5) is 46.4. The number of anilines is 1. The second-order valence-electron chi connectivity index (χ2n) is 10.4. The van der Waals surface area contributed by atoms with Crippen LogP contribution in [0.3, 0.4) is 0 Å². The quantitative estimate of drug-likeness (QED) is 0.649. The van der Waals surface area contributed by atoms with Gasteiger partial charge in [-0.1, -0.05) is 29.8 Å². The van der Waals surface area contributed by atoms with Gasteiger partial charge in [-0.2, -0.15) is 0 Å². The number of nitrogens with one attached hydrogen (secondary N) is 2. The number of halogens is 1. The van der Waals surface area contributed by atoms with Crippen molar-refractivity contribution < 1.29 is 14.4 Å². The summed E-state index contributed by atoms with van der Waals surface area (Å²) in [5, 5.41) is 7.00. The first-order chi connectivity index (χ1) is 18.0. The smallest absolute Gasteiger partial charge is 0.256 e. The topological polar surface area (TPSA) is 85.0 Å². The lowest BCUT2D eigenvalue weighted by Gasteiger charge is -2.42. The van der Waals surface area contributed by atoms with Crippen LogP contribution in [0.2, 0.25) is 5.02 Å². The molecule has 0 aromatic heterocycles. The predicted molar refractivity (Wildman–Crippen MR) is 143 cm³/mol. The lowest BCUT2D eigenvalue weighted by atomic mass is 10.0. The molecule has 4 heterocycles. The third kappa shape index (κ3) is 4.62. The predicted octanol–water partition coefficient (Wildman–Crippen LogP) is 2.83. The van der Waals surface area contributed by atoms with Gasteiger partial charge in [-0.05, 0) is 80.7 Å². The molecule has 6 rings (SSSR count). The van der Waals surface area contributed by atoms with Crippen molar-refractivity contribution in [1.82, 2.24) is 20.0 Å². The van der Waals surface area contributed by atoms with Crippen molar-refractivity contribution in [3.8, 4) is 11.1 Å². The van der Waals surface area contributed by atoms with E-state index in [1.807, 2.05) is 41.3 Å². The minimum Gasteiger partial charge on any atom is -0.337 e. The Bertz CT molecular complexity index is 1210. The maximum Gasteiger partial charge on any atom is 0.256 e. The van der Waals surface area contributed by atoms with Gasteiger partial charge in [-0.15, -0.1) is 0 Å². The van der Waals surface area contributed by atoms with Crippen LogP contribution >= 0.6 is 11.6 Å². The highest BCUT2D eigenvalue weighted by molar-refractivity contribution is 6.30. The summed E-state index contributed by atoms with van der Waals surface area (Å²) in [5.74, 6) is -0.327. The molecule has 2 N–H and O–H groups in total. The highest BCUT2D eigenvalue weighted by Gasteiger charge is 2.44. The van der Waals surface area contributed by atoms with Crippen LogP contribution in [0.5, 0.6) is 0 Å². The van der Waals surface area contributed by atoms with Gasteiger partial charge in [0.2, 0.25) is 11.8 Å². The lowest BCUT2D eigenvalue weighted by Crippen LogP contribution is -2.62. The van der Waals surface area contributed by atoms with Crippen LogP contribution in [-0.4, -0.2) is 89.8 Å². The molecule has 194 valence electrons. The Kier molecular flexibility index (Phi) is 6.65. The minimum absolute atomic E-state index is 0.0997. The number of piperidine rings is 1. The molecule has 3 fully saturated rings. The molecule has 0 radical (unpaired) electrons. The lowest BCUT2D eigenvalue weighted by molar-refractivity contribution is -0.140. The van der Waals surface area contributed by atoms with E-state index in [1.54, 1.807) is 11.0 Å². The zero-order valence-electron chi connectivity index (χ0n) is 20.8. The number of fused-ring (bicyclic) bond motifs is 2. The fraction of sp³-hybridized carbons (Fsp3) is 0.464. The van der Waals surface area contributed by atoms with Gasteiger partial charge in [0.1, 0.15) is 6.04 Å². The van der Waals surface area contributed by atoms with Crippen LogP contribution < -0.4 is 10.6 Å². The van der Waals surface area contributed by atoms with Gasteiger partial charge < -0.3 is 20.4 Å². The van der Waals surface area contributed by atoms with E-state index in [1.165, 1.54) is 0 Å². The van der Waals surface area contributed by atoms with E-state index in [4.69, 9.17) is 11.6 Å². The number of hydrogen-bond acceptors (Lipinski definition) is 5. The number of nitrogens with zero attached hydrogens (tertiary/aromatic N) is 3. The van der Waals surface area contributed by atoms with Gasteiger partial charge in [0, 0.05) is 24.2 Å². The van der Waals surface area contributed by atoms with Crippen molar-refractivity contribution >= 4 is 35.0 Å². The molecule has 8 nitrogen and oxygen atoms in total. The maximum absolute atomic E-state index is 13.7. The Morgan fingerprint density at radius 2 is 1.68 bits per heavy atom. The van der Waals surface area contributed by atoms with Gasteiger partial charge in [0.15, 0.2) is 0 Å². The Morgan fingerprint density at radius 1 is 0.919 bits per heavy atom. The number of rotatable bonds is 3. The first-order valence-corrected chi connectivity index (χ1v) is 13.6. The van der Waals surface area contributed by atoms with Crippen molar-refractivity contribution in [2.75, 3.05) is 44.6 Å². The molecule has 3 amide bonds. The second-order valence-corrected chi connectivity index (χ2v) is 10.9. The Morgan fingerprint density at radius 3 is 2.46 bits per heavy atom. The zero-order chi connectivity index (χ0) is 25.5. The van der Waals surface area contributed by atoms with Crippen molar-refractivity contribution in [3.63, 3.8) is 0 Å². The zero-order valence-corrected chi connectivity index (χ0v) is 21.5. The standard InChI is InChI=1S/C28H32ClN5O3/c29-20-6-3-18(4-7-20)19-5-8-23-22(16-19)27(36)34-15-14-32(17-25(34)26(35)31-23)28(37)24-2-1-13-33(24)21-9-11-30-12-10-21/h3-8,16,21,24-25,30H,1-2,9-15,17H2,(H,31,35). The summed E-state index contributed by atoms with van der Waals surface area (Å²) in [6, 6.07) is 12.6. The monoisotopic (exact) mass is 521 g/mol. The number of likely N-dealkylation sites (tertiary alicyclic amines) is 1. The Balaban J connectivity index is 1.20. The summed E-state index contributed by atoms with van der Waals surface area (Å²) >= 11 is 6.03. The van der Waals surface area contributed by atoms with Gasteiger partial charge in [-0.3, -0.25) is 19.3 Å². The molecule has 4 aliphatic heterocycles. The van der Waals surface area contributed by atoms with E-state index in [0.29, 0.717) is 35.4 Å². The van der Waals surface area contributed by atoms with Crippen LogP contribution in [0.4, 0.5) is 5.69 Å². The van der Waals surface area contributed by atoms with Crippen molar-refractivity contribution in [2.24, 2.45) is 0 Å². The number of carbonyl (C=O) groups is 3. The van der Waals surface area contributed by atoms with Crippen molar-refractivity contribution in [2.45, 2.75) is 43.8 Å². The summed E-state index contributed by atoms with van der Waals surface area (Å²) < 4.78 is 0. The first kappa shape index (κ1) is 24.4. The molecule has 4 aliphatic rings. The molecule has 0 aliphatic carbocycles. The van der Waals surface area contributed by atoms with E-state index in [0.717, 1.165) is 56.4 Å². The minimum atomic E-state index is -0.703. The molecule has 2 aromatic rings. The van der Waals surface area contributed by atoms with E-state index in [9.17, 15) is 14.4 Å². The number of benzene rings is 2. The van der Waals surface area contributed by atoms with Crippen molar-refractivity contribution in [3.05, 3.63) is 53.1 Å². The average Bonchev–Trinajstić information content (AvgIpc) is 3.40. The Labute approximate surface area is 221 Å². The third-order valence-corrected chi connectivity index (χ3v) is 8.55.